The van der Waals surface area contributed by atoms with Crippen LogP contribution in [0.15, 0.2) is 24.3 Å². The Morgan fingerprint density at radius 2 is 2.11 bits per heavy atom. The first kappa shape index (κ1) is 12.3. The van der Waals surface area contributed by atoms with Gasteiger partial charge < -0.3 is 9.64 Å². The number of amides is 1. The molecule has 1 fully saturated rings. The molecule has 1 saturated heterocycles. The Balaban J connectivity index is 2.05. The van der Waals surface area contributed by atoms with Crippen LogP contribution in [0.2, 0.25) is 0 Å². The Morgan fingerprint density at radius 3 is 2.67 bits per heavy atom. The second-order valence-electron chi connectivity index (χ2n) is 4.14. The minimum atomic E-state index is -0.426. The third-order valence-electron chi connectivity index (χ3n) is 3.03. The summed E-state index contributed by atoms with van der Waals surface area (Å²) in [7, 11) is 0. The van der Waals surface area contributed by atoms with E-state index < -0.39 is 4.92 Å². The zero-order valence-electron chi connectivity index (χ0n) is 10.0. The molecule has 0 unspecified atom stereocenters. The van der Waals surface area contributed by atoms with E-state index in [0.29, 0.717) is 19.6 Å². The Morgan fingerprint density at radius 1 is 1.44 bits per heavy atom. The summed E-state index contributed by atoms with van der Waals surface area (Å²) >= 11 is 0. The number of nitro groups is 1. The molecule has 6 heteroatoms. The Labute approximate surface area is 104 Å². The van der Waals surface area contributed by atoms with Crippen LogP contribution < -0.4 is 0 Å². The van der Waals surface area contributed by atoms with E-state index in [0.717, 1.165) is 5.56 Å². The van der Waals surface area contributed by atoms with E-state index in [1.165, 1.54) is 12.1 Å². The predicted octanol–water partition coefficient (Wildman–Crippen LogP) is 1.98. The molecule has 0 saturated carbocycles. The summed E-state index contributed by atoms with van der Waals surface area (Å²) in [5.41, 5.74) is 1.03. The number of ether oxygens (including phenoxy) is 1. The third-order valence-corrected chi connectivity index (χ3v) is 3.03. The van der Waals surface area contributed by atoms with Gasteiger partial charge in [0, 0.05) is 18.7 Å². The van der Waals surface area contributed by atoms with Crippen LogP contribution in [0.4, 0.5) is 10.5 Å². The van der Waals surface area contributed by atoms with E-state index >= 15 is 0 Å². The lowest BCUT2D eigenvalue weighted by Gasteiger charge is -2.19. The van der Waals surface area contributed by atoms with E-state index in [1.54, 1.807) is 17.0 Å². The quantitative estimate of drug-likeness (QED) is 0.605. The van der Waals surface area contributed by atoms with Gasteiger partial charge in [-0.1, -0.05) is 12.1 Å². The molecule has 2 rings (SSSR count). The van der Waals surface area contributed by atoms with E-state index in [4.69, 9.17) is 4.74 Å². The van der Waals surface area contributed by atoms with Gasteiger partial charge >= 0.3 is 6.09 Å². The molecule has 1 aromatic rings. The highest BCUT2D eigenvalue weighted by Crippen LogP contribution is 2.18. The van der Waals surface area contributed by atoms with E-state index in [-0.39, 0.29) is 17.8 Å². The van der Waals surface area contributed by atoms with Crippen molar-refractivity contribution in [3.63, 3.8) is 0 Å². The van der Waals surface area contributed by atoms with Crippen LogP contribution in [-0.4, -0.2) is 35.1 Å². The third kappa shape index (κ3) is 2.42. The molecule has 6 nitrogen and oxygen atoms in total. The second kappa shape index (κ2) is 5.03. The molecule has 1 aliphatic rings. The van der Waals surface area contributed by atoms with Gasteiger partial charge in [0.25, 0.3) is 5.69 Å². The van der Waals surface area contributed by atoms with Crippen LogP contribution in [-0.2, 0) is 11.2 Å². The summed E-state index contributed by atoms with van der Waals surface area (Å²) in [6.07, 6.45) is 0.363. The number of hydrogen-bond acceptors (Lipinski definition) is 4. The average molecular weight is 250 g/mol. The van der Waals surface area contributed by atoms with E-state index in [1.807, 2.05) is 6.92 Å². The van der Waals surface area contributed by atoms with Crippen molar-refractivity contribution in [1.29, 1.82) is 0 Å². The topological polar surface area (TPSA) is 72.7 Å². The lowest BCUT2D eigenvalue weighted by atomic mass is 10.1. The fraction of sp³-hybridized carbons (Fsp3) is 0.417. The zero-order valence-corrected chi connectivity index (χ0v) is 10.0. The van der Waals surface area contributed by atoms with Gasteiger partial charge in [0.15, 0.2) is 0 Å². The molecule has 18 heavy (non-hydrogen) atoms. The van der Waals surface area contributed by atoms with Gasteiger partial charge in [-0.2, -0.15) is 0 Å². The highest BCUT2D eigenvalue weighted by Gasteiger charge is 2.31. The second-order valence-corrected chi connectivity index (χ2v) is 4.14. The maximum Gasteiger partial charge on any atom is 0.410 e. The maximum atomic E-state index is 11.4. The summed E-state index contributed by atoms with van der Waals surface area (Å²) in [6.45, 7) is 2.88. The minimum absolute atomic E-state index is 0.0176. The predicted molar refractivity (Wildman–Crippen MR) is 64.3 cm³/mol. The van der Waals surface area contributed by atoms with Crippen molar-refractivity contribution < 1.29 is 14.5 Å². The molecule has 1 heterocycles. The summed E-state index contributed by atoms with van der Waals surface area (Å²) in [5.74, 6) is 0. The summed E-state index contributed by atoms with van der Waals surface area (Å²) in [5, 5.41) is 10.5. The Kier molecular flexibility index (Phi) is 3.45. The summed E-state index contributed by atoms with van der Waals surface area (Å²) in [4.78, 5) is 23.1. The maximum absolute atomic E-state index is 11.4. The Hall–Kier alpha value is -2.11. The molecule has 0 aliphatic carbocycles. The highest BCUT2D eigenvalue weighted by atomic mass is 16.6. The fourth-order valence-corrected chi connectivity index (χ4v) is 2.07. The van der Waals surface area contributed by atoms with E-state index in [2.05, 4.69) is 0 Å². The van der Waals surface area contributed by atoms with Crippen LogP contribution in [0.5, 0.6) is 0 Å². The molecule has 96 valence electrons. The smallest absolute Gasteiger partial charge is 0.410 e. The molecule has 1 atom stereocenters. The molecule has 0 N–H and O–H groups in total. The standard InChI is InChI=1S/C12H14N2O4/c1-2-13-11(8-18-12(13)15)7-9-3-5-10(6-4-9)14(16)17/h3-6,11H,2,7-8H2,1H3/t11-/m1/s1. The number of non-ortho nitro benzene ring substituents is 1. The number of benzene rings is 1. The zero-order chi connectivity index (χ0) is 13.1. The van der Waals surface area contributed by atoms with Crippen LogP contribution in [0.3, 0.4) is 0 Å². The van der Waals surface area contributed by atoms with Gasteiger partial charge in [-0.3, -0.25) is 10.1 Å². The summed E-state index contributed by atoms with van der Waals surface area (Å²) in [6, 6.07) is 6.40. The molecule has 1 aliphatic heterocycles. The van der Waals surface area contributed by atoms with E-state index in [9.17, 15) is 14.9 Å². The van der Waals surface area contributed by atoms with Crippen LogP contribution in [0.25, 0.3) is 0 Å². The van der Waals surface area contributed by atoms with Gasteiger partial charge in [0.1, 0.15) is 6.61 Å². The largest absolute Gasteiger partial charge is 0.447 e. The number of carbonyl (C=O) groups excluding carboxylic acids is 1. The monoisotopic (exact) mass is 250 g/mol. The first-order valence-electron chi connectivity index (χ1n) is 5.78. The lowest BCUT2D eigenvalue weighted by Crippen LogP contribution is -2.34. The SMILES string of the molecule is CCN1C(=O)OC[C@H]1Cc1ccc([N+](=O)[O-])cc1. The van der Waals surface area contributed by atoms with Crippen molar-refractivity contribution in [2.24, 2.45) is 0 Å². The van der Waals surface area contributed by atoms with Crippen molar-refractivity contribution in [2.75, 3.05) is 13.2 Å². The number of cyclic esters (lactones) is 1. The lowest BCUT2D eigenvalue weighted by molar-refractivity contribution is -0.384. The molecular formula is C12H14N2O4. The first-order chi connectivity index (χ1) is 8.61. The molecule has 1 amide bonds. The number of nitrogens with zero attached hydrogens (tertiary/aromatic N) is 2. The molecule has 0 aromatic heterocycles. The summed E-state index contributed by atoms with van der Waals surface area (Å²) < 4.78 is 4.98. The molecule has 0 bridgehead atoms. The van der Waals surface area contributed by atoms with Crippen LogP contribution in [0.1, 0.15) is 12.5 Å². The first-order valence-corrected chi connectivity index (χ1v) is 5.78. The van der Waals surface area contributed by atoms with Gasteiger partial charge in [0.05, 0.1) is 11.0 Å². The number of rotatable bonds is 4. The van der Waals surface area contributed by atoms with Crippen LogP contribution in [0, 0.1) is 10.1 Å². The minimum Gasteiger partial charge on any atom is -0.447 e. The number of likely N-dealkylation sites (N-methyl/N-ethyl adjacent to an activating group) is 1. The fourth-order valence-electron chi connectivity index (χ4n) is 2.07. The molecule has 0 radical (unpaired) electrons. The number of nitro benzene ring substituents is 1. The van der Waals surface area contributed by atoms with Crippen molar-refractivity contribution >= 4 is 11.8 Å². The molecule has 0 spiro atoms. The molecule has 1 aromatic carbocycles. The van der Waals surface area contributed by atoms with Crippen molar-refractivity contribution in [1.82, 2.24) is 4.90 Å². The van der Waals surface area contributed by atoms with Crippen molar-refractivity contribution in [3.05, 3.63) is 39.9 Å². The van der Waals surface area contributed by atoms with Gasteiger partial charge in [0.2, 0.25) is 0 Å². The van der Waals surface area contributed by atoms with Gasteiger partial charge in [-0.15, -0.1) is 0 Å². The number of hydrogen-bond donors (Lipinski definition) is 0. The number of carbonyl (C=O) groups is 1. The van der Waals surface area contributed by atoms with Gasteiger partial charge in [-0.25, -0.2) is 4.79 Å². The van der Waals surface area contributed by atoms with Crippen LogP contribution >= 0.6 is 0 Å². The van der Waals surface area contributed by atoms with Crippen molar-refractivity contribution in [3.8, 4) is 0 Å². The Bertz CT molecular complexity index is 458. The van der Waals surface area contributed by atoms with Crippen molar-refractivity contribution in [2.45, 2.75) is 19.4 Å². The van der Waals surface area contributed by atoms with Gasteiger partial charge in [-0.05, 0) is 18.9 Å². The average Bonchev–Trinajstić information content (AvgIpc) is 2.70. The highest BCUT2D eigenvalue weighted by molar-refractivity contribution is 5.70. The normalized spacial score (nSPS) is 18.8. The molecular weight excluding hydrogens is 236 g/mol.